The molecule has 0 spiro atoms. The van der Waals surface area contributed by atoms with Gasteiger partial charge in [-0.2, -0.15) is 0 Å². The van der Waals surface area contributed by atoms with Crippen molar-refractivity contribution in [3.05, 3.63) is 41.5 Å². The summed E-state index contributed by atoms with van der Waals surface area (Å²) < 4.78 is 4.96. The molecule has 1 saturated heterocycles. The Hall–Kier alpha value is -2.47. The zero-order valence-corrected chi connectivity index (χ0v) is 15.8. The highest BCUT2D eigenvalue weighted by Crippen LogP contribution is 2.37. The Bertz CT molecular complexity index is 948. The molecule has 2 aromatic heterocycles. The molecule has 1 unspecified atom stereocenters. The molecule has 5 nitrogen and oxygen atoms in total. The summed E-state index contributed by atoms with van der Waals surface area (Å²) in [5.41, 5.74) is 3.33. The van der Waals surface area contributed by atoms with Gasteiger partial charge in [-0.25, -0.2) is 9.97 Å². The van der Waals surface area contributed by atoms with E-state index in [1.807, 2.05) is 12.1 Å². The van der Waals surface area contributed by atoms with Gasteiger partial charge in [-0.05, 0) is 42.8 Å². The number of methoxy groups -OCH3 is 1. The highest BCUT2D eigenvalue weighted by atomic mass is 32.1. The van der Waals surface area contributed by atoms with Crippen LogP contribution in [0.15, 0.2) is 36.0 Å². The van der Waals surface area contributed by atoms with Crippen LogP contribution in [0.4, 0.5) is 5.82 Å². The Morgan fingerprint density at radius 3 is 3.00 bits per heavy atom. The van der Waals surface area contributed by atoms with Gasteiger partial charge in [0.25, 0.3) is 0 Å². The van der Waals surface area contributed by atoms with E-state index in [-0.39, 0.29) is 11.9 Å². The lowest BCUT2D eigenvalue weighted by Crippen LogP contribution is -2.39. The molecular weight excluding hydrogens is 346 g/mol. The van der Waals surface area contributed by atoms with E-state index in [0.717, 1.165) is 41.7 Å². The summed E-state index contributed by atoms with van der Waals surface area (Å²) in [6, 6.07) is 8.38. The third-order valence-corrected chi connectivity index (χ3v) is 5.98. The van der Waals surface area contributed by atoms with E-state index in [2.05, 4.69) is 39.3 Å². The molecule has 0 saturated carbocycles. The van der Waals surface area contributed by atoms with Gasteiger partial charge in [0, 0.05) is 23.5 Å². The van der Waals surface area contributed by atoms with Gasteiger partial charge in [0.2, 0.25) is 0 Å². The van der Waals surface area contributed by atoms with Gasteiger partial charge in [-0.3, -0.25) is 4.79 Å². The molecule has 6 heteroatoms. The highest BCUT2D eigenvalue weighted by Gasteiger charge is 2.28. The van der Waals surface area contributed by atoms with Crippen LogP contribution in [0.1, 0.15) is 18.4 Å². The Morgan fingerprint density at radius 2 is 2.23 bits per heavy atom. The molecule has 0 aliphatic carbocycles. The molecular formula is C20H21N3O2S. The second-order valence-corrected chi connectivity index (χ2v) is 7.60. The van der Waals surface area contributed by atoms with Crippen molar-refractivity contribution in [3.63, 3.8) is 0 Å². The standard InChI is InChI=1S/C20H21N3O2S/c1-13-9-17(26-11-13)15-6-3-7-16-18(15)19(22-12-21-16)23-8-4-5-14(10-23)20(24)25-2/h3,6-7,9,11-12,14H,4-5,8,10H2,1-2H3. The normalized spacial score (nSPS) is 17.5. The first-order valence-corrected chi connectivity index (χ1v) is 9.67. The Labute approximate surface area is 156 Å². The summed E-state index contributed by atoms with van der Waals surface area (Å²) in [4.78, 5) is 24.5. The van der Waals surface area contributed by atoms with Gasteiger partial charge in [0.05, 0.1) is 23.9 Å². The van der Waals surface area contributed by atoms with Gasteiger partial charge in [0.15, 0.2) is 0 Å². The number of fused-ring (bicyclic) bond motifs is 1. The van der Waals surface area contributed by atoms with Crippen molar-refractivity contribution in [2.24, 2.45) is 5.92 Å². The number of esters is 1. The molecule has 1 aromatic carbocycles. The maximum Gasteiger partial charge on any atom is 0.310 e. The van der Waals surface area contributed by atoms with Crippen LogP contribution in [-0.2, 0) is 9.53 Å². The van der Waals surface area contributed by atoms with Crippen LogP contribution in [0, 0.1) is 12.8 Å². The largest absolute Gasteiger partial charge is 0.469 e. The second kappa shape index (κ2) is 7.03. The number of hydrogen-bond donors (Lipinski definition) is 0. The predicted octanol–water partition coefficient (Wildman–Crippen LogP) is 4.06. The van der Waals surface area contributed by atoms with Crippen LogP contribution in [0.25, 0.3) is 21.3 Å². The molecule has 3 aromatic rings. The summed E-state index contributed by atoms with van der Waals surface area (Å²) in [7, 11) is 1.46. The fourth-order valence-corrected chi connectivity index (χ4v) is 4.57. The molecule has 1 aliphatic heterocycles. The van der Waals surface area contributed by atoms with Gasteiger partial charge in [-0.15, -0.1) is 11.3 Å². The van der Waals surface area contributed by atoms with E-state index in [1.54, 1.807) is 17.7 Å². The van der Waals surface area contributed by atoms with E-state index in [1.165, 1.54) is 17.6 Å². The molecule has 1 atom stereocenters. The number of aryl methyl sites for hydroxylation is 1. The van der Waals surface area contributed by atoms with Gasteiger partial charge in [-0.1, -0.05) is 12.1 Å². The third-order valence-electron chi connectivity index (χ3n) is 4.89. The van der Waals surface area contributed by atoms with Gasteiger partial charge < -0.3 is 9.64 Å². The first-order chi connectivity index (χ1) is 12.7. The SMILES string of the molecule is COC(=O)C1CCCN(c2ncnc3cccc(-c4cc(C)cs4)c23)C1. The van der Waals surface area contributed by atoms with Crippen LogP contribution in [0.2, 0.25) is 0 Å². The number of carbonyl (C=O) groups is 1. The number of thiophene rings is 1. The number of rotatable bonds is 3. The second-order valence-electron chi connectivity index (χ2n) is 6.69. The van der Waals surface area contributed by atoms with Crippen molar-refractivity contribution in [3.8, 4) is 10.4 Å². The molecule has 3 heterocycles. The predicted molar refractivity (Wildman–Crippen MR) is 105 cm³/mol. The Kier molecular flexibility index (Phi) is 4.59. The maximum atomic E-state index is 12.0. The number of hydrogen-bond acceptors (Lipinski definition) is 6. The zero-order chi connectivity index (χ0) is 18.1. The fraction of sp³-hybridized carbons (Fsp3) is 0.350. The molecule has 0 N–H and O–H groups in total. The van der Waals surface area contributed by atoms with Crippen LogP contribution < -0.4 is 4.90 Å². The summed E-state index contributed by atoms with van der Waals surface area (Å²) >= 11 is 1.73. The molecule has 1 fully saturated rings. The fourth-order valence-electron chi connectivity index (χ4n) is 3.64. The van der Waals surface area contributed by atoms with Crippen molar-refractivity contribution in [2.45, 2.75) is 19.8 Å². The quantitative estimate of drug-likeness (QED) is 0.654. The lowest BCUT2D eigenvalue weighted by Gasteiger charge is -2.33. The number of benzene rings is 1. The zero-order valence-electron chi connectivity index (χ0n) is 14.9. The Morgan fingerprint density at radius 1 is 1.35 bits per heavy atom. The smallest absolute Gasteiger partial charge is 0.310 e. The Balaban J connectivity index is 1.81. The van der Waals surface area contributed by atoms with Gasteiger partial charge >= 0.3 is 5.97 Å². The van der Waals surface area contributed by atoms with Gasteiger partial charge in [0.1, 0.15) is 12.1 Å². The summed E-state index contributed by atoms with van der Waals surface area (Å²) in [6.07, 6.45) is 3.43. The van der Waals surface area contributed by atoms with Crippen molar-refractivity contribution in [2.75, 3.05) is 25.1 Å². The van der Waals surface area contributed by atoms with E-state index in [9.17, 15) is 4.79 Å². The number of carbonyl (C=O) groups excluding carboxylic acids is 1. The maximum absolute atomic E-state index is 12.0. The van der Waals surface area contributed by atoms with E-state index >= 15 is 0 Å². The molecule has 0 amide bonds. The first-order valence-electron chi connectivity index (χ1n) is 8.79. The van der Waals surface area contributed by atoms with Crippen LogP contribution in [0.5, 0.6) is 0 Å². The van der Waals surface area contributed by atoms with E-state index < -0.39 is 0 Å². The minimum Gasteiger partial charge on any atom is -0.469 e. The van der Waals surface area contributed by atoms with E-state index in [4.69, 9.17) is 4.74 Å². The number of ether oxygens (including phenoxy) is 1. The van der Waals surface area contributed by atoms with Crippen molar-refractivity contribution in [1.82, 2.24) is 9.97 Å². The van der Waals surface area contributed by atoms with Crippen LogP contribution in [0.3, 0.4) is 0 Å². The van der Waals surface area contributed by atoms with Crippen LogP contribution in [-0.4, -0.2) is 36.1 Å². The highest BCUT2D eigenvalue weighted by molar-refractivity contribution is 7.13. The third kappa shape index (κ3) is 3.05. The van der Waals surface area contributed by atoms with Crippen molar-refractivity contribution in [1.29, 1.82) is 0 Å². The molecule has 134 valence electrons. The average molecular weight is 367 g/mol. The number of aromatic nitrogens is 2. The van der Waals surface area contributed by atoms with E-state index in [0.29, 0.717) is 6.54 Å². The minimum atomic E-state index is -0.137. The summed E-state index contributed by atoms with van der Waals surface area (Å²) in [5, 5.41) is 3.22. The molecule has 4 rings (SSSR count). The van der Waals surface area contributed by atoms with Crippen molar-refractivity contribution < 1.29 is 9.53 Å². The molecule has 1 aliphatic rings. The lowest BCUT2D eigenvalue weighted by atomic mass is 9.97. The monoisotopic (exact) mass is 367 g/mol. The average Bonchev–Trinajstić information content (AvgIpc) is 3.12. The number of piperidine rings is 1. The number of nitrogens with zero attached hydrogens (tertiary/aromatic N) is 3. The summed E-state index contributed by atoms with van der Waals surface area (Å²) in [5.74, 6) is 0.669. The molecule has 0 radical (unpaired) electrons. The number of anilines is 1. The lowest BCUT2D eigenvalue weighted by molar-refractivity contribution is -0.145. The van der Waals surface area contributed by atoms with Crippen LogP contribution >= 0.6 is 11.3 Å². The summed E-state index contributed by atoms with van der Waals surface area (Å²) in [6.45, 7) is 3.63. The first kappa shape index (κ1) is 17.0. The minimum absolute atomic E-state index is 0.102. The van der Waals surface area contributed by atoms with Crippen molar-refractivity contribution >= 4 is 34.0 Å². The molecule has 0 bridgehead atoms. The topological polar surface area (TPSA) is 55.3 Å². The molecule has 26 heavy (non-hydrogen) atoms.